The molecule has 0 bridgehead atoms. The molecule has 0 spiro atoms. The van der Waals surface area contributed by atoms with Crippen LogP contribution in [0.5, 0.6) is 0 Å². The summed E-state index contributed by atoms with van der Waals surface area (Å²) in [6.45, 7) is 0. The minimum Gasteiger partial charge on any atom is -0.398 e. The van der Waals surface area contributed by atoms with Gasteiger partial charge in [-0.2, -0.15) is 0 Å². The molecule has 0 amide bonds. The molecule has 3 nitrogen and oxygen atoms in total. The summed E-state index contributed by atoms with van der Waals surface area (Å²) in [7, 11) is -3.44. The highest BCUT2D eigenvalue weighted by Crippen LogP contribution is 2.23. The van der Waals surface area contributed by atoms with Crippen LogP contribution in [0.25, 0.3) is 0 Å². The Balaban J connectivity index is 2.37. The zero-order chi connectivity index (χ0) is 13.2. The second-order valence-electron chi connectivity index (χ2n) is 3.93. The highest BCUT2D eigenvalue weighted by atomic mass is 35.5. The number of hydrogen-bond donors (Lipinski definition) is 1. The number of nitrogens with two attached hydrogens (primary N) is 1. The maximum Gasteiger partial charge on any atom is 0.184 e. The molecule has 2 aromatic carbocycles. The van der Waals surface area contributed by atoms with Gasteiger partial charge < -0.3 is 5.73 Å². The molecule has 2 N–H and O–H groups in total. The normalized spacial score (nSPS) is 11.4. The Bertz CT molecular complexity index is 668. The van der Waals surface area contributed by atoms with Crippen LogP contribution in [0.2, 0.25) is 5.02 Å². The Morgan fingerprint density at radius 1 is 1.06 bits per heavy atom. The number of anilines is 1. The van der Waals surface area contributed by atoms with Crippen LogP contribution in [0.15, 0.2) is 53.4 Å². The molecule has 0 aliphatic rings. The van der Waals surface area contributed by atoms with E-state index in [-0.39, 0.29) is 16.3 Å². The molecule has 18 heavy (non-hydrogen) atoms. The molecule has 0 aliphatic carbocycles. The molecule has 0 saturated heterocycles. The molecule has 0 saturated carbocycles. The van der Waals surface area contributed by atoms with Crippen molar-refractivity contribution in [3.63, 3.8) is 0 Å². The lowest BCUT2D eigenvalue weighted by Crippen LogP contribution is -2.07. The van der Waals surface area contributed by atoms with Gasteiger partial charge in [0.25, 0.3) is 0 Å². The highest BCUT2D eigenvalue weighted by molar-refractivity contribution is 7.90. The SMILES string of the molecule is Nc1ccccc1S(=O)(=O)Cc1cccc(Cl)c1. The van der Waals surface area contributed by atoms with Crippen molar-refractivity contribution in [2.75, 3.05) is 5.73 Å². The molecule has 2 rings (SSSR count). The molecule has 0 atom stereocenters. The second kappa shape index (κ2) is 5.00. The van der Waals surface area contributed by atoms with Crippen molar-refractivity contribution in [2.24, 2.45) is 0 Å². The summed E-state index contributed by atoms with van der Waals surface area (Å²) in [6, 6.07) is 13.2. The first-order valence-corrected chi connectivity index (χ1v) is 7.34. The van der Waals surface area contributed by atoms with Crippen LogP contribution in [0.4, 0.5) is 5.69 Å². The number of halogens is 1. The predicted octanol–water partition coefficient (Wildman–Crippen LogP) is 2.90. The molecule has 0 radical (unpaired) electrons. The van der Waals surface area contributed by atoms with Crippen molar-refractivity contribution in [3.8, 4) is 0 Å². The topological polar surface area (TPSA) is 60.2 Å². The van der Waals surface area contributed by atoms with E-state index in [0.717, 1.165) is 0 Å². The van der Waals surface area contributed by atoms with Crippen LogP contribution in [0.1, 0.15) is 5.56 Å². The summed E-state index contributed by atoms with van der Waals surface area (Å²) in [5.41, 5.74) is 6.59. The Morgan fingerprint density at radius 3 is 2.44 bits per heavy atom. The Labute approximate surface area is 111 Å². The van der Waals surface area contributed by atoms with Crippen LogP contribution in [0, 0.1) is 0 Å². The lowest BCUT2D eigenvalue weighted by Gasteiger charge is -2.07. The first kappa shape index (κ1) is 12.9. The van der Waals surface area contributed by atoms with Crippen molar-refractivity contribution >= 4 is 27.1 Å². The average molecular weight is 282 g/mol. The summed E-state index contributed by atoms with van der Waals surface area (Å²) in [6.07, 6.45) is 0. The van der Waals surface area contributed by atoms with Gasteiger partial charge in [0.2, 0.25) is 0 Å². The fourth-order valence-electron chi connectivity index (χ4n) is 1.69. The van der Waals surface area contributed by atoms with Gasteiger partial charge >= 0.3 is 0 Å². The molecule has 94 valence electrons. The number of sulfone groups is 1. The zero-order valence-electron chi connectivity index (χ0n) is 9.51. The zero-order valence-corrected chi connectivity index (χ0v) is 11.1. The van der Waals surface area contributed by atoms with E-state index in [1.54, 1.807) is 42.5 Å². The van der Waals surface area contributed by atoms with Gasteiger partial charge in [-0.05, 0) is 29.8 Å². The van der Waals surface area contributed by atoms with E-state index in [2.05, 4.69) is 0 Å². The minimum absolute atomic E-state index is 0.109. The van der Waals surface area contributed by atoms with Gasteiger partial charge in [0.1, 0.15) is 0 Å². The lowest BCUT2D eigenvalue weighted by atomic mass is 10.2. The van der Waals surface area contributed by atoms with Crippen LogP contribution in [-0.2, 0) is 15.6 Å². The fraction of sp³-hybridized carbons (Fsp3) is 0.0769. The molecule has 0 aliphatic heterocycles. The smallest absolute Gasteiger partial charge is 0.184 e. The number of hydrogen-bond acceptors (Lipinski definition) is 3. The van der Waals surface area contributed by atoms with Gasteiger partial charge in [-0.1, -0.05) is 35.9 Å². The van der Waals surface area contributed by atoms with Gasteiger partial charge in [-0.3, -0.25) is 0 Å². The van der Waals surface area contributed by atoms with Crippen molar-refractivity contribution in [1.29, 1.82) is 0 Å². The molecule has 0 aromatic heterocycles. The summed E-state index contributed by atoms with van der Waals surface area (Å²) in [4.78, 5) is 0.157. The van der Waals surface area contributed by atoms with E-state index in [0.29, 0.717) is 10.6 Å². The second-order valence-corrected chi connectivity index (χ2v) is 6.32. The Kier molecular flexibility index (Phi) is 3.59. The third kappa shape index (κ3) is 2.83. The largest absolute Gasteiger partial charge is 0.398 e. The van der Waals surface area contributed by atoms with Gasteiger partial charge in [0.05, 0.1) is 16.3 Å². The summed E-state index contributed by atoms with van der Waals surface area (Å²) in [5, 5.41) is 0.517. The van der Waals surface area contributed by atoms with Crippen LogP contribution in [-0.4, -0.2) is 8.42 Å². The summed E-state index contributed by atoms with van der Waals surface area (Å²) in [5.74, 6) is -0.109. The summed E-state index contributed by atoms with van der Waals surface area (Å²) >= 11 is 5.83. The standard InChI is InChI=1S/C13H12ClNO2S/c14-11-5-3-4-10(8-11)9-18(16,17)13-7-2-1-6-12(13)15/h1-8H,9,15H2. The number of nitrogen functional groups attached to an aromatic ring is 1. The molecular formula is C13H12ClNO2S. The third-order valence-electron chi connectivity index (χ3n) is 2.50. The predicted molar refractivity (Wildman–Crippen MR) is 73.2 cm³/mol. The molecule has 5 heteroatoms. The highest BCUT2D eigenvalue weighted by Gasteiger charge is 2.17. The quantitative estimate of drug-likeness (QED) is 0.880. The van der Waals surface area contributed by atoms with E-state index < -0.39 is 9.84 Å². The fourth-order valence-corrected chi connectivity index (χ4v) is 3.39. The van der Waals surface area contributed by atoms with E-state index >= 15 is 0 Å². The van der Waals surface area contributed by atoms with Gasteiger partial charge in [-0.25, -0.2) is 8.42 Å². The van der Waals surface area contributed by atoms with Crippen molar-refractivity contribution in [2.45, 2.75) is 10.6 Å². The number of rotatable bonds is 3. The molecule has 0 unspecified atom stereocenters. The van der Waals surface area contributed by atoms with E-state index in [1.165, 1.54) is 6.07 Å². The molecule has 2 aromatic rings. The maximum atomic E-state index is 12.2. The van der Waals surface area contributed by atoms with Crippen molar-refractivity contribution in [3.05, 3.63) is 59.1 Å². The summed E-state index contributed by atoms with van der Waals surface area (Å²) < 4.78 is 24.4. The van der Waals surface area contributed by atoms with E-state index in [9.17, 15) is 8.42 Å². The lowest BCUT2D eigenvalue weighted by molar-refractivity contribution is 0.595. The molecule has 0 fully saturated rings. The van der Waals surface area contributed by atoms with Crippen molar-refractivity contribution in [1.82, 2.24) is 0 Å². The van der Waals surface area contributed by atoms with Gasteiger partial charge in [-0.15, -0.1) is 0 Å². The van der Waals surface area contributed by atoms with E-state index in [4.69, 9.17) is 17.3 Å². The van der Waals surface area contributed by atoms with Gasteiger partial charge in [0.15, 0.2) is 9.84 Å². The Morgan fingerprint density at radius 2 is 1.78 bits per heavy atom. The first-order valence-electron chi connectivity index (χ1n) is 5.31. The number of para-hydroxylation sites is 1. The molecule has 0 heterocycles. The molecular weight excluding hydrogens is 270 g/mol. The average Bonchev–Trinajstić information content (AvgIpc) is 2.28. The van der Waals surface area contributed by atoms with Crippen LogP contribution < -0.4 is 5.73 Å². The monoisotopic (exact) mass is 281 g/mol. The maximum absolute atomic E-state index is 12.2. The number of benzene rings is 2. The van der Waals surface area contributed by atoms with Crippen LogP contribution >= 0.6 is 11.6 Å². The van der Waals surface area contributed by atoms with Gasteiger partial charge in [0, 0.05) is 5.02 Å². The van der Waals surface area contributed by atoms with E-state index in [1.807, 2.05) is 0 Å². The minimum atomic E-state index is -3.44. The van der Waals surface area contributed by atoms with Crippen molar-refractivity contribution < 1.29 is 8.42 Å². The first-order chi connectivity index (χ1) is 8.49. The third-order valence-corrected chi connectivity index (χ3v) is 4.49. The van der Waals surface area contributed by atoms with Crippen LogP contribution in [0.3, 0.4) is 0 Å². The Hall–Kier alpha value is -1.52.